The fourth-order valence-corrected chi connectivity index (χ4v) is 2.44. The molecule has 2 aromatic carbocycles. The highest BCUT2D eigenvalue weighted by Crippen LogP contribution is 2.20. The Hall–Kier alpha value is -2.00. The number of rotatable bonds is 5. The van der Waals surface area contributed by atoms with Crippen molar-refractivity contribution in [3.8, 4) is 0 Å². The second-order valence-corrected chi connectivity index (χ2v) is 5.77. The van der Waals surface area contributed by atoms with E-state index in [0.29, 0.717) is 11.6 Å². The Labute approximate surface area is 136 Å². The lowest BCUT2D eigenvalue weighted by atomic mass is 10.2. The molecule has 116 valence electrons. The summed E-state index contributed by atoms with van der Waals surface area (Å²) in [5, 5.41) is 3.55. The lowest BCUT2D eigenvalue weighted by molar-refractivity contribution is -0.115. The fourth-order valence-electron chi connectivity index (χ4n) is 2.25. The summed E-state index contributed by atoms with van der Waals surface area (Å²) in [6.07, 6.45) is 0. The number of halogens is 1. The van der Waals surface area contributed by atoms with Crippen molar-refractivity contribution in [3.05, 3.63) is 58.6 Å². The molecule has 0 aromatic heterocycles. The van der Waals surface area contributed by atoms with Gasteiger partial charge >= 0.3 is 0 Å². The average molecular weight is 317 g/mol. The van der Waals surface area contributed by atoms with Gasteiger partial charge in [0, 0.05) is 22.9 Å². The minimum absolute atomic E-state index is 0.0525. The Morgan fingerprint density at radius 3 is 2.59 bits per heavy atom. The summed E-state index contributed by atoms with van der Waals surface area (Å²) >= 11 is 6.08. The summed E-state index contributed by atoms with van der Waals surface area (Å²) in [5.74, 6) is -0.0525. The van der Waals surface area contributed by atoms with Crippen LogP contribution in [0.5, 0.6) is 0 Å². The molecule has 1 N–H and O–H groups in total. The van der Waals surface area contributed by atoms with Gasteiger partial charge in [0.25, 0.3) is 0 Å². The van der Waals surface area contributed by atoms with Gasteiger partial charge in [0.2, 0.25) is 5.91 Å². The van der Waals surface area contributed by atoms with E-state index < -0.39 is 0 Å². The van der Waals surface area contributed by atoms with Crippen LogP contribution in [-0.2, 0) is 4.79 Å². The Kier molecular flexibility index (Phi) is 5.45. The van der Waals surface area contributed by atoms with Gasteiger partial charge in [-0.2, -0.15) is 0 Å². The van der Waals surface area contributed by atoms with E-state index in [1.54, 1.807) is 6.07 Å². The minimum atomic E-state index is -0.0525. The molecule has 0 aliphatic carbocycles. The van der Waals surface area contributed by atoms with Crippen LogP contribution in [0.25, 0.3) is 0 Å². The lowest BCUT2D eigenvalue weighted by Gasteiger charge is -2.23. The number of carbonyl (C=O) groups excluding carboxylic acids is 1. The zero-order valence-electron chi connectivity index (χ0n) is 13.2. The van der Waals surface area contributed by atoms with Crippen molar-refractivity contribution in [2.24, 2.45) is 0 Å². The molecule has 1 amide bonds. The van der Waals surface area contributed by atoms with Gasteiger partial charge in [-0.3, -0.25) is 4.79 Å². The van der Waals surface area contributed by atoms with Gasteiger partial charge < -0.3 is 10.2 Å². The number of hydrogen-bond donors (Lipinski definition) is 1. The molecule has 0 radical (unpaired) electrons. The molecular weight excluding hydrogens is 296 g/mol. The first kappa shape index (κ1) is 16.4. The van der Waals surface area contributed by atoms with Crippen LogP contribution in [0.15, 0.2) is 42.5 Å². The number of nitrogens with zero attached hydrogens (tertiary/aromatic N) is 1. The van der Waals surface area contributed by atoms with Gasteiger partial charge in [-0.05, 0) is 56.2 Å². The van der Waals surface area contributed by atoms with E-state index in [1.807, 2.05) is 56.0 Å². The van der Waals surface area contributed by atoms with E-state index >= 15 is 0 Å². The second kappa shape index (κ2) is 7.32. The van der Waals surface area contributed by atoms with Crippen LogP contribution >= 0.6 is 11.6 Å². The summed E-state index contributed by atoms with van der Waals surface area (Å²) < 4.78 is 0. The molecule has 22 heavy (non-hydrogen) atoms. The summed E-state index contributed by atoms with van der Waals surface area (Å²) in [6.45, 7) is 7.10. The van der Waals surface area contributed by atoms with Crippen LogP contribution in [0.1, 0.15) is 18.1 Å². The van der Waals surface area contributed by atoms with Gasteiger partial charge in [-0.1, -0.05) is 29.8 Å². The van der Waals surface area contributed by atoms with E-state index in [1.165, 1.54) is 5.56 Å². The fraction of sp³-hybridized carbons (Fsp3) is 0.278. The van der Waals surface area contributed by atoms with Crippen molar-refractivity contribution in [3.63, 3.8) is 0 Å². The highest BCUT2D eigenvalue weighted by molar-refractivity contribution is 6.31. The molecule has 0 fully saturated rings. The van der Waals surface area contributed by atoms with E-state index in [0.717, 1.165) is 23.5 Å². The van der Waals surface area contributed by atoms with Crippen molar-refractivity contribution in [1.82, 2.24) is 0 Å². The molecular formula is C18H21ClN2O. The van der Waals surface area contributed by atoms with E-state index in [4.69, 9.17) is 11.6 Å². The number of carbonyl (C=O) groups is 1. The molecule has 4 heteroatoms. The highest BCUT2D eigenvalue weighted by Gasteiger charge is 2.11. The predicted molar refractivity (Wildman–Crippen MR) is 93.9 cm³/mol. The van der Waals surface area contributed by atoms with Crippen LogP contribution in [0, 0.1) is 13.8 Å². The lowest BCUT2D eigenvalue weighted by Crippen LogP contribution is -2.33. The molecule has 0 heterocycles. The maximum Gasteiger partial charge on any atom is 0.243 e. The SMILES string of the molecule is CCN(CC(=O)Nc1ccc(C)c(Cl)c1)c1cccc(C)c1. The molecule has 0 aliphatic heterocycles. The molecule has 0 atom stereocenters. The molecule has 0 unspecified atom stereocenters. The van der Waals surface area contributed by atoms with E-state index in [9.17, 15) is 4.79 Å². The average Bonchev–Trinajstić information content (AvgIpc) is 2.48. The highest BCUT2D eigenvalue weighted by atomic mass is 35.5. The van der Waals surface area contributed by atoms with Crippen molar-refractivity contribution in [1.29, 1.82) is 0 Å². The first-order valence-corrected chi connectivity index (χ1v) is 7.75. The maximum absolute atomic E-state index is 12.2. The third-order valence-electron chi connectivity index (χ3n) is 3.54. The molecule has 2 rings (SSSR count). The van der Waals surface area contributed by atoms with Crippen LogP contribution in [0.4, 0.5) is 11.4 Å². The first-order chi connectivity index (χ1) is 10.5. The summed E-state index contributed by atoms with van der Waals surface area (Å²) in [7, 11) is 0. The molecule has 0 spiro atoms. The quantitative estimate of drug-likeness (QED) is 0.885. The normalized spacial score (nSPS) is 10.4. The Morgan fingerprint density at radius 2 is 1.95 bits per heavy atom. The monoisotopic (exact) mass is 316 g/mol. The van der Waals surface area contributed by atoms with Gasteiger partial charge in [0.05, 0.1) is 6.54 Å². The van der Waals surface area contributed by atoms with Gasteiger partial charge in [0.15, 0.2) is 0 Å². The van der Waals surface area contributed by atoms with E-state index in [-0.39, 0.29) is 5.91 Å². The second-order valence-electron chi connectivity index (χ2n) is 5.37. The summed E-state index contributed by atoms with van der Waals surface area (Å²) in [6, 6.07) is 13.7. The van der Waals surface area contributed by atoms with E-state index in [2.05, 4.69) is 11.4 Å². The van der Waals surface area contributed by atoms with Crippen LogP contribution in [0.2, 0.25) is 5.02 Å². The third kappa shape index (κ3) is 4.25. The van der Waals surface area contributed by atoms with Gasteiger partial charge in [0.1, 0.15) is 0 Å². The van der Waals surface area contributed by atoms with Crippen molar-refractivity contribution in [2.75, 3.05) is 23.3 Å². The minimum Gasteiger partial charge on any atom is -0.362 e. The smallest absolute Gasteiger partial charge is 0.243 e. The Morgan fingerprint density at radius 1 is 1.18 bits per heavy atom. The number of hydrogen-bond acceptors (Lipinski definition) is 2. The first-order valence-electron chi connectivity index (χ1n) is 7.37. The third-order valence-corrected chi connectivity index (χ3v) is 3.95. The largest absolute Gasteiger partial charge is 0.362 e. The van der Waals surface area contributed by atoms with Crippen LogP contribution < -0.4 is 10.2 Å². The van der Waals surface area contributed by atoms with Crippen LogP contribution in [0.3, 0.4) is 0 Å². The van der Waals surface area contributed by atoms with Crippen LogP contribution in [-0.4, -0.2) is 19.0 Å². The zero-order chi connectivity index (χ0) is 16.1. The Bertz CT molecular complexity index is 670. The number of anilines is 2. The summed E-state index contributed by atoms with van der Waals surface area (Å²) in [5.41, 5.74) is 3.96. The maximum atomic E-state index is 12.2. The molecule has 0 aliphatic rings. The predicted octanol–water partition coefficient (Wildman–Crippen LogP) is 4.42. The van der Waals surface area contributed by atoms with Crippen molar-refractivity contribution >= 4 is 28.9 Å². The van der Waals surface area contributed by atoms with Gasteiger partial charge in [-0.25, -0.2) is 0 Å². The van der Waals surface area contributed by atoms with Crippen molar-refractivity contribution < 1.29 is 4.79 Å². The molecule has 3 nitrogen and oxygen atoms in total. The summed E-state index contributed by atoms with van der Waals surface area (Å²) in [4.78, 5) is 14.3. The molecule has 0 saturated heterocycles. The van der Waals surface area contributed by atoms with Gasteiger partial charge in [-0.15, -0.1) is 0 Å². The molecule has 0 saturated carbocycles. The zero-order valence-corrected chi connectivity index (χ0v) is 13.9. The number of amides is 1. The number of aryl methyl sites for hydroxylation is 2. The topological polar surface area (TPSA) is 32.3 Å². The number of benzene rings is 2. The number of likely N-dealkylation sites (N-methyl/N-ethyl adjacent to an activating group) is 1. The molecule has 2 aromatic rings. The standard InChI is InChI=1S/C18H21ClN2O/c1-4-21(16-7-5-6-13(2)10-16)12-18(22)20-15-9-8-14(3)17(19)11-15/h5-11H,4,12H2,1-3H3,(H,20,22). The van der Waals surface area contributed by atoms with Crippen molar-refractivity contribution in [2.45, 2.75) is 20.8 Å². The molecule has 0 bridgehead atoms. The Balaban J connectivity index is 2.04. The number of nitrogens with one attached hydrogen (secondary N) is 1.